The maximum absolute atomic E-state index is 13.4. The number of amides is 1. The van der Waals surface area contributed by atoms with Gasteiger partial charge in [-0.3, -0.25) is 9.79 Å². The number of nitrogens with zero attached hydrogens (tertiary/aromatic N) is 3. The number of carbonyl (C=O) groups excluding carboxylic acids is 1. The fourth-order valence-electron chi connectivity index (χ4n) is 5.78. The van der Waals surface area contributed by atoms with Gasteiger partial charge in [0.2, 0.25) is 6.04 Å². The minimum absolute atomic E-state index is 0.0538. The molecular weight excluding hydrogens is 434 g/mol. The van der Waals surface area contributed by atoms with Crippen molar-refractivity contribution in [1.29, 1.82) is 0 Å². The van der Waals surface area contributed by atoms with Crippen LogP contribution >= 0.6 is 11.6 Å². The number of hydrogen-bond donors (Lipinski definition) is 2. The number of halogens is 1. The molecule has 0 saturated heterocycles. The topological polar surface area (TPSA) is 92.2 Å². The Labute approximate surface area is 203 Å². The minimum atomic E-state index is -0.904. The van der Waals surface area contributed by atoms with E-state index in [4.69, 9.17) is 17.3 Å². The number of nitrogens with one attached hydrogen (secondary N) is 1. The first-order valence-electron chi connectivity index (χ1n) is 12.3. The fraction of sp³-hybridized carbons (Fsp3) is 0.692. The quantitative estimate of drug-likeness (QED) is 0.193. The minimum Gasteiger partial charge on any atom is -0.385 e. The molecule has 0 spiro atoms. The lowest BCUT2D eigenvalue weighted by Crippen LogP contribution is -2.56. The van der Waals surface area contributed by atoms with Gasteiger partial charge >= 0.3 is 0 Å². The third-order valence-corrected chi connectivity index (χ3v) is 8.23. The monoisotopic (exact) mass is 473 g/mol. The van der Waals surface area contributed by atoms with Gasteiger partial charge in [0.25, 0.3) is 5.91 Å². The summed E-state index contributed by atoms with van der Waals surface area (Å²) in [6.45, 7) is 11.9. The summed E-state index contributed by atoms with van der Waals surface area (Å²) >= 11 is 6.13. The lowest BCUT2D eigenvalue weighted by Gasteiger charge is -2.43. The van der Waals surface area contributed by atoms with Crippen molar-refractivity contribution in [2.75, 3.05) is 6.54 Å². The van der Waals surface area contributed by atoms with Crippen LogP contribution in [-0.4, -0.2) is 30.4 Å². The van der Waals surface area contributed by atoms with Gasteiger partial charge in [0.15, 0.2) is 0 Å². The number of rotatable bonds is 10. The molecule has 3 N–H and O–H groups in total. The molecule has 2 bridgehead atoms. The van der Waals surface area contributed by atoms with Gasteiger partial charge in [-0.1, -0.05) is 64.3 Å². The molecule has 1 aromatic rings. The van der Waals surface area contributed by atoms with Gasteiger partial charge in [0, 0.05) is 11.1 Å². The van der Waals surface area contributed by atoms with E-state index in [0.717, 1.165) is 48.3 Å². The Kier molecular flexibility index (Phi) is 8.20. The van der Waals surface area contributed by atoms with Crippen LogP contribution in [-0.2, 0) is 11.3 Å². The average molecular weight is 474 g/mol. The Morgan fingerprint density at radius 2 is 2.06 bits per heavy atom. The first-order valence-corrected chi connectivity index (χ1v) is 12.7. The van der Waals surface area contributed by atoms with Gasteiger partial charge in [0.05, 0.1) is 13.1 Å². The average Bonchev–Trinajstić information content (AvgIpc) is 3.25. The van der Waals surface area contributed by atoms with Gasteiger partial charge in [-0.15, -0.1) is 0 Å². The van der Waals surface area contributed by atoms with Crippen molar-refractivity contribution in [3.05, 3.63) is 34.3 Å². The van der Waals surface area contributed by atoms with Crippen LogP contribution in [0.25, 0.3) is 0 Å². The standard InChI is InChI=1S/C26H40ClN5O/c1-6-7-8-13-30-32-21(22(28)29-16-18-9-10-20(27)17(2)14-18)23(33)31-24-25(3,4)19-11-12-26(24,5)15-19/h9-10,14,19,21,24H,6-8,11-13,15-16H2,1-5H3,(H2,28,29)(H,31,33). The third kappa shape index (κ3) is 5.76. The number of aryl methyl sites for hydroxylation is 1. The molecule has 2 aliphatic rings. The van der Waals surface area contributed by atoms with E-state index in [1.165, 1.54) is 6.42 Å². The highest BCUT2D eigenvalue weighted by Crippen LogP contribution is 2.62. The van der Waals surface area contributed by atoms with E-state index in [1.807, 2.05) is 25.1 Å². The number of benzene rings is 1. The Balaban J connectivity index is 1.76. The molecule has 182 valence electrons. The van der Waals surface area contributed by atoms with Crippen molar-refractivity contribution in [3.63, 3.8) is 0 Å². The molecule has 0 aromatic heterocycles. The molecule has 0 radical (unpaired) electrons. The number of amidine groups is 1. The molecule has 33 heavy (non-hydrogen) atoms. The van der Waals surface area contributed by atoms with E-state index in [0.29, 0.717) is 19.0 Å². The zero-order valence-corrected chi connectivity index (χ0v) is 21.6. The van der Waals surface area contributed by atoms with E-state index >= 15 is 0 Å². The molecule has 6 nitrogen and oxygen atoms in total. The summed E-state index contributed by atoms with van der Waals surface area (Å²) < 4.78 is 0. The lowest BCUT2D eigenvalue weighted by atomic mass is 9.68. The zero-order chi connectivity index (χ0) is 24.2. The van der Waals surface area contributed by atoms with Crippen molar-refractivity contribution >= 4 is 23.3 Å². The maximum Gasteiger partial charge on any atom is 0.254 e. The second-order valence-electron chi connectivity index (χ2n) is 10.8. The molecule has 1 amide bonds. The Morgan fingerprint density at radius 3 is 2.70 bits per heavy atom. The Bertz CT molecular complexity index is 907. The summed E-state index contributed by atoms with van der Waals surface area (Å²) in [5.74, 6) is 0.640. The van der Waals surface area contributed by atoms with Crippen molar-refractivity contribution < 1.29 is 4.79 Å². The molecular formula is C26H40ClN5O. The van der Waals surface area contributed by atoms with Crippen molar-refractivity contribution in [1.82, 2.24) is 5.32 Å². The number of carbonyl (C=O) groups is 1. The van der Waals surface area contributed by atoms with Crippen molar-refractivity contribution in [3.8, 4) is 0 Å². The zero-order valence-electron chi connectivity index (χ0n) is 20.8. The highest BCUT2D eigenvalue weighted by Gasteiger charge is 2.60. The van der Waals surface area contributed by atoms with Crippen LogP contribution in [0.2, 0.25) is 5.02 Å². The molecule has 2 aliphatic carbocycles. The molecule has 2 fully saturated rings. The molecule has 4 atom stereocenters. The van der Waals surface area contributed by atoms with E-state index in [2.05, 4.69) is 48.2 Å². The summed E-state index contributed by atoms with van der Waals surface area (Å²) in [6.07, 6.45) is 6.69. The first-order chi connectivity index (χ1) is 15.6. The van der Waals surface area contributed by atoms with Gasteiger partial charge < -0.3 is 11.1 Å². The largest absolute Gasteiger partial charge is 0.385 e. The van der Waals surface area contributed by atoms with Crippen LogP contribution in [0.3, 0.4) is 0 Å². The number of azo groups is 1. The third-order valence-electron chi connectivity index (χ3n) is 7.81. The summed E-state index contributed by atoms with van der Waals surface area (Å²) in [5, 5.41) is 12.7. The maximum atomic E-state index is 13.4. The molecule has 7 heteroatoms. The van der Waals surface area contributed by atoms with E-state index in [9.17, 15) is 4.79 Å². The van der Waals surface area contributed by atoms with E-state index in [-0.39, 0.29) is 28.6 Å². The second kappa shape index (κ2) is 10.5. The number of fused-ring (bicyclic) bond motifs is 2. The highest BCUT2D eigenvalue weighted by atomic mass is 35.5. The van der Waals surface area contributed by atoms with Crippen LogP contribution in [0.5, 0.6) is 0 Å². The Morgan fingerprint density at radius 1 is 1.30 bits per heavy atom. The van der Waals surface area contributed by atoms with E-state index in [1.54, 1.807) is 0 Å². The summed E-state index contributed by atoms with van der Waals surface area (Å²) in [6, 6.07) is 4.96. The normalized spacial score (nSPS) is 27.3. The molecule has 4 unspecified atom stereocenters. The number of aliphatic imine (C=N–C) groups is 1. The van der Waals surface area contributed by atoms with Crippen molar-refractivity contribution in [2.24, 2.45) is 37.7 Å². The Hall–Kier alpha value is -1.95. The SMILES string of the molecule is CCCCCN=NC(C(=O)NC1C2(C)CCC(C2)C1(C)C)C(N)=NCc1ccc(Cl)c(C)c1. The smallest absolute Gasteiger partial charge is 0.254 e. The van der Waals surface area contributed by atoms with Crippen LogP contribution in [0.1, 0.15) is 77.3 Å². The van der Waals surface area contributed by atoms with Gasteiger partial charge in [-0.25, -0.2) is 0 Å². The number of nitrogens with two attached hydrogens (primary N) is 1. The predicted octanol–water partition coefficient (Wildman–Crippen LogP) is 5.85. The van der Waals surface area contributed by atoms with Crippen LogP contribution in [0.4, 0.5) is 0 Å². The lowest BCUT2D eigenvalue weighted by molar-refractivity contribution is -0.123. The second-order valence-corrected chi connectivity index (χ2v) is 11.2. The van der Waals surface area contributed by atoms with Crippen LogP contribution < -0.4 is 11.1 Å². The summed E-state index contributed by atoms with van der Waals surface area (Å²) in [4.78, 5) is 17.9. The predicted molar refractivity (Wildman–Crippen MR) is 136 cm³/mol. The summed E-state index contributed by atoms with van der Waals surface area (Å²) in [7, 11) is 0. The molecule has 3 rings (SSSR count). The highest BCUT2D eigenvalue weighted by molar-refractivity contribution is 6.31. The van der Waals surface area contributed by atoms with Gasteiger partial charge in [-0.2, -0.15) is 10.2 Å². The van der Waals surface area contributed by atoms with Gasteiger partial charge in [0.1, 0.15) is 5.84 Å². The number of hydrogen-bond acceptors (Lipinski definition) is 4. The van der Waals surface area contributed by atoms with Crippen molar-refractivity contribution in [2.45, 2.75) is 91.8 Å². The molecule has 0 aliphatic heterocycles. The molecule has 0 heterocycles. The fourth-order valence-corrected chi connectivity index (χ4v) is 5.89. The first kappa shape index (κ1) is 25.7. The molecule has 1 aromatic carbocycles. The summed E-state index contributed by atoms with van der Waals surface area (Å²) in [5.41, 5.74) is 8.49. The van der Waals surface area contributed by atoms with Crippen LogP contribution in [0.15, 0.2) is 33.4 Å². The van der Waals surface area contributed by atoms with Crippen LogP contribution in [0, 0.1) is 23.7 Å². The number of unbranched alkanes of at least 4 members (excludes halogenated alkanes) is 2. The molecule has 2 saturated carbocycles. The van der Waals surface area contributed by atoms with E-state index < -0.39 is 6.04 Å². The van der Waals surface area contributed by atoms with Gasteiger partial charge in [-0.05, 0) is 66.5 Å².